The van der Waals surface area contributed by atoms with Gasteiger partial charge in [-0.3, -0.25) is 0 Å². The third-order valence-electron chi connectivity index (χ3n) is 3.57. The molecule has 0 fully saturated rings. The van der Waals surface area contributed by atoms with Crippen LogP contribution in [0, 0.1) is 5.41 Å². The molecule has 4 heteroatoms. The molecule has 2 aromatic rings. The summed E-state index contributed by atoms with van der Waals surface area (Å²) in [6.45, 7) is 13.2. The Hall–Kier alpha value is -0.730. The van der Waals surface area contributed by atoms with E-state index < -0.39 is 0 Å². The van der Waals surface area contributed by atoms with Crippen molar-refractivity contribution in [3.8, 4) is 0 Å². The maximum absolute atomic E-state index is 6.38. The molecule has 116 valence electrons. The third-order valence-corrected chi connectivity index (χ3v) is 4.00. The molecule has 2 nitrogen and oxygen atoms in total. The Morgan fingerprint density at radius 1 is 1.19 bits per heavy atom. The summed E-state index contributed by atoms with van der Waals surface area (Å²) < 4.78 is 2.26. The first-order valence-electron chi connectivity index (χ1n) is 7.34. The minimum atomic E-state index is -0.143. The van der Waals surface area contributed by atoms with E-state index in [1.807, 2.05) is 25.1 Å². The molecule has 21 heavy (non-hydrogen) atoms. The Bertz CT molecular complexity index is 649. The number of halogens is 2. The zero-order valence-corrected chi connectivity index (χ0v) is 15.2. The highest BCUT2D eigenvalue weighted by atomic mass is 35.5. The first kappa shape index (κ1) is 16.6. The molecule has 0 amide bonds. The van der Waals surface area contributed by atoms with Crippen molar-refractivity contribution in [2.24, 2.45) is 5.41 Å². The average Bonchev–Trinajstić information content (AvgIpc) is 2.64. The van der Waals surface area contributed by atoms with E-state index in [0.29, 0.717) is 0 Å². The highest BCUT2D eigenvalue weighted by Gasteiger charge is 2.31. The van der Waals surface area contributed by atoms with Crippen molar-refractivity contribution in [2.45, 2.75) is 58.9 Å². The van der Waals surface area contributed by atoms with Crippen LogP contribution in [0.5, 0.6) is 0 Å². The number of alkyl halides is 1. The maximum Gasteiger partial charge on any atom is 0.128 e. The number of hydrogen-bond donors (Lipinski definition) is 0. The summed E-state index contributed by atoms with van der Waals surface area (Å²) in [6.07, 6.45) is 1.02. The summed E-state index contributed by atoms with van der Waals surface area (Å²) >= 11 is 12.6. The van der Waals surface area contributed by atoms with Gasteiger partial charge in [0.1, 0.15) is 5.82 Å². The van der Waals surface area contributed by atoms with E-state index in [0.717, 1.165) is 28.3 Å². The van der Waals surface area contributed by atoms with Gasteiger partial charge >= 0.3 is 0 Å². The van der Waals surface area contributed by atoms with Gasteiger partial charge in [0.05, 0.1) is 16.4 Å². The van der Waals surface area contributed by atoms with Crippen molar-refractivity contribution in [3.63, 3.8) is 0 Å². The van der Waals surface area contributed by atoms with Gasteiger partial charge in [-0.2, -0.15) is 0 Å². The molecular weight excluding hydrogens is 303 g/mol. The minimum Gasteiger partial charge on any atom is -0.321 e. The second-order valence-electron chi connectivity index (χ2n) is 7.60. The van der Waals surface area contributed by atoms with Crippen LogP contribution in [0.25, 0.3) is 11.0 Å². The monoisotopic (exact) mass is 326 g/mol. The van der Waals surface area contributed by atoms with Crippen LogP contribution >= 0.6 is 23.2 Å². The Kier molecular flexibility index (Phi) is 4.34. The number of hydrogen-bond acceptors (Lipinski definition) is 1. The third kappa shape index (κ3) is 3.54. The van der Waals surface area contributed by atoms with Gasteiger partial charge in [0.2, 0.25) is 0 Å². The summed E-state index contributed by atoms with van der Waals surface area (Å²) in [5.41, 5.74) is 2.13. The topological polar surface area (TPSA) is 17.8 Å². The zero-order valence-electron chi connectivity index (χ0n) is 13.7. The second-order valence-corrected chi connectivity index (χ2v) is 8.70. The minimum absolute atomic E-state index is 0.0871. The van der Waals surface area contributed by atoms with E-state index in [-0.39, 0.29) is 16.3 Å². The molecule has 0 bridgehead atoms. The number of aromatic nitrogens is 2. The fraction of sp³-hybridized carbons (Fsp3) is 0.588. The van der Waals surface area contributed by atoms with E-state index >= 15 is 0 Å². The molecule has 0 spiro atoms. The lowest BCUT2D eigenvalue weighted by Gasteiger charge is -2.36. The van der Waals surface area contributed by atoms with Crippen molar-refractivity contribution in [3.05, 3.63) is 29.0 Å². The van der Waals surface area contributed by atoms with Gasteiger partial charge in [0.25, 0.3) is 0 Å². The first-order chi connectivity index (χ1) is 9.51. The molecule has 0 saturated heterocycles. The summed E-state index contributed by atoms with van der Waals surface area (Å²) in [6, 6.07) is 5.82. The molecule has 1 heterocycles. The number of nitrogens with zero attached hydrogens (tertiary/aromatic N) is 2. The van der Waals surface area contributed by atoms with Gasteiger partial charge < -0.3 is 4.57 Å². The molecule has 1 atom stereocenters. The van der Waals surface area contributed by atoms with Crippen molar-refractivity contribution < 1.29 is 0 Å². The molecule has 2 rings (SSSR count). The summed E-state index contributed by atoms with van der Waals surface area (Å²) in [4.78, 5) is 4.72. The molecule has 0 aliphatic rings. The van der Waals surface area contributed by atoms with Crippen molar-refractivity contribution in [1.82, 2.24) is 9.55 Å². The summed E-state index contributed by atoms with van der Waals surface area (Å²) in [5.74, 6) is 0.906. The van der Waals surface area contributed by atoms with Crippen LogP contribution < -0.4 is 0 Å². The van der Waals surface area contributed by atoms with Crippen LogP contribution in [0.2, 0.25) is 5.02 Å². The lowest BCUT2D eigenvalue weighted by molar-refractivity contribution is 0.215. The smallest absolute Gasteiger partial charge is 0.128 e. The lowest BCUT2D eigenvalue weighted by atomic mass is 9.81. The van der Waals surface area contributed by atoms with E-state index in [9.17, 15) is 0 Å². The molecular formula is C17H24Cl2N2. The second kappa shape index (κ2) is 5.48. The first-order valence-corrected chi connectivity index (χ1v) is 8.15. The van der Waals surface area contributed by atoms with Crippen molar-refractivity contribution in [2.75, 3.05) is 0 Å². The van der Waals surface area contributed by atoms with Gasteiger partial charge in [-0.25, -0.2) is 4.98 Å². The molecule has 0 aliphatic carbocycles. The quantitative estimate of drug-likeness (QED) is 0.617. The summed E-state index contributed by atoms with van der Waals surface area (Å²) in [7, 11) is 0. The Morgan fingerprint density at radius 2 is 1.81 bits per heavy atom. The summed E-state index contributed by atoms with van der Waals surface area (Å²) in [5, 5.41) is 0.583. The highest BCUT2D eigenvalue weighted by molar-refractivity contribution is 6.31. The average molecular weight is 327 g/mol. The van der Waals surface area contributed by atoms with E-state index in [4.69, 9.17) is 28.2 Å². The molecule has 1 aromatic carbocycles. The molecule has 1 unspecified atom stereocenters. The Labute approximate surface area is 137 Å². The number of benzene rings is 1. The van der Waals surface area contributed by atoms with Crippen LogP contribution in [0.4, 0.5) is 0 Å². The SMILES string of the molecule is CC(Cl)c1nc2ccc(Cl)cc2n1C(C)(C)CC(C)(C)C. The Morgan fingerprint density at radius 3 is 2.33 bits per heavy atom. The molecule has 0 saturated carbocycles. The van der Waals surface area contributed by atoms with Gasteiger partial charge in [-0.05, 0) is 50.8 Å². The van der Waals surface area contributed by atoms with E-state index in [2.05, 4.69) is 39.2 Å². The normalized spacial score (nSPS) is 14.7. The van der Waals surface area contributed by atoms with Gasteiger partial charge in [0, 0.05) is 10.6 Å². The zero-order chi connectivity index (χ0) is 16.0. The number of rotatable bonds is 3. The lowest BCUT2D eigenvalue weighted by Crippen LogP contribution is -2.33. The fourth-order valence-corrected chi connectivity index (χ4v) is 3.66. The molecule has 0 radical (unpaired) electrons. The van der Waals surface area contributed by atoms with Gasteiger partial charge in [0.15, 0.2) is 0 Å². The van der Waals surface area contributed by atoms with Gasteiger partial charge in [-0.1, -0.05) is 32.4 Å². The van der Waals surface area contributed by atoms with Gasteiger partial charge in [-0.15, -0.1) is 11.6 Å². The van der Waals surface area contributed by atoms with Crippen LogP contribution in [0.1, 0.15) is 59.2 Å². The highest BCUT2D eigenvalue weighted by Crippen LogP contribution is 2.38. The van der Waals surface area contributed by atoms with Crippen LogP contribution in [-0.4, -0.2) is 9.55 Å². The van der Waals surface area contributed by atoms with E-state index in [1.54, 1.807) is 0 Å². The standard InChI is InChI=1S/C17H24Cl2N2/c1-11(18)15-20-13-8-7-12(19)9-14(13)21(15)17(5,6)10-16(2,3)4/h7-9,11H,10H2,1-6H3. The van der Waals surface area contributed by atoms with E-state index in [1.165, 1.54) is 0 Å². The predicted octanol–water partition coefficient (Wildman–Crippen LogP) is 6.16. The van der Waals surface area contributed by atoms with Crippen molar-refractivity contribution >= 4 is 34.2 Å². The Balaban J connectivity index is 2.70. The number of fused-ring (bicyclic) bond motifs is 1. The predicted molar refractivity (Wildman–Crippen MR) is 92.4 cm³/mol. The molecule has 0 aliphatic heterocycles. The van der Waals surface area contributed by atoms with Crippen LogP contribution in [-0.2, 0) is 5.54 Å². The fourth-order valence-electron chi connectivity index (χ4n) is 3.35. The molecule has 1 aromatic heterocycles. The van der Waals surface area contributed by atoms with Crippen molar-refractivity contribution in [1.29, 1.82) is 0 Å². The largest absolute Gasteiger partial charge is 0.321 e. The van der Waals surface area contributed by atoms with Crippen LogP contribution in [0.15, 0.2) is 18.2 Å². The molecule has 0 N–H and O–H groups in total. The number of imidazole rings is 1. The maximum atomic E-state index is 6.38. The van der Waals surface area contributed by atoms with Crippen LogP contribution in [0.3, 0.4) is 0 Å².